The predicted molar refractivity (Wildman–Crippen MR) is 86.0 cm³/mol. The van der Waals surface area contributed by atoms with Crippen molar-refractivity contribution in [3.8, 4) is 5.75 Å². The molecule has 0 fully saturated rings. The summed E-state index contributed by atoms with van der Waals surface area (Å²) in [6, 6.07) is 3.77. The van der Waals surface area contributed by atoms with Crippen LogP contribution in [0, 0.1) is 0 Å². The van der Waals surface area contributed by atoms with E-state index in [0.29, 0.717) is 11.3 Å². The first-order valence-electron chi connectivity index (χ1n) is 7.95. The minimum absolute atomic E-state index is 0.159. The first-order valence-corrected chi connectivity index (χ1v) is 7.95. The van der Waals surface area contributed by atoms with Crippen LogP contribution in [0.5, 0.6) is 5.75 Å². The number of carbonyl (C=O) groups excluding carboxylic acids is 1. The fourth-order valence-corrected chi connectivity index (χ4v) is 3.15. The van der Waals surface area contributed by atoms with Crippen LogP contribution in [0.4, 0.5) is 0 Å². The molecule has 0 bridgehead atoms. The Hall–Kier alpha value is -2.30. The highest BCUT2D eigenvalue weighted by Gasteiger charge is 2.21. The summed E-state index contributed by atoms with van der Waals surface area (Å²) in [5.74, 6) is 0.133. The van der Waals surface area contributed by atoms with Crippen molar-refractivity contribution >= 4 is 16.9 Å². The molecule has 0 amide bonds. The fourth-order valence-electron chi connectivity index (χ4n) is 3.15. The van der Waals surface area contributed by atoms with Crippen LogP contribution in [0.2, 0.25) is 0 Å². The van der Waals surface area contributed by atoms with Gasteiger partial charge < -0.3 is 13.9 Å². The van der Waals surface area contributed by atoms with Crippen molar-refractivity contribution in [2.75, 3.05) is 13.7 Å². The van der Waals surface area contributed by atoms with E-state index < -0.39 is 5.97 Å². The number of benzene rings is 1. The predicted octanol–water partition coefficient (Wildman–Crippen LogP) is 2.79. The van der Waals surface area contributed by atoms with Gasteiger partial charge >= 0.3 is 11.6 Å². The molecule has 0 saturated heterocycles. The van der Waals surface area contributed by atoms with E-state index in [1.54, 1.807) is 6.07 Å². The fraction of sp³-hybridized carbons (Fsp3) is 0.444. The van der Waals surface area contributed by atoms with E-state index in [0.717, 1.165) is 54.2 Å². The molecule has 122 valence electrons. The van der Waals surface area contributed by atoms with Gasteiger partial charge in [-0.3, -0.25) is 0 Å². The Bertz CT molecular complexity index is 803. The number of fused-ring (bicyclic) bond motifs is 3. The Balaban J connectivity index is 2.09. The molecule has 1 aliphatic rings. The molecule has 23 heavy (non-hydrogen) atoms. The summed E-state index contributed by atoms with van der Waals surface area (Å²) in [6.07, 6.45) is 4.48. The second kappa shape index (κ2) is 6.44. The summed E-state index contributed by atoms with van der Waals surface area (Å²) in [6.45, 7) is 1.93. The van der Waals surface area contributed by atoms with Gasteiger partial charge in [0.1, 0.15) is 11.3 Å². The van der Waals surface area contributed by atoms with Crippen LogP contribution >= 0.6 is 0 Å². The molecular formula is C18H20O5. The number of rotatable bonds is 5. The second-order valence-corrected chi connectivity index (χ2v) is 5.77. The minimum Gasteiger partial charge on any atom is -0.481 e. The molecule has 0 radical (unpaired) electrons. The smallest absolute Gasteiger partial charge is 0.343 e. The molecule has 1 aromatic carbocycles. The third kappa shape index (κ3) is 2.96. The minimum atomic E-state index is -0.442. The summed E-state index contributed by atoms with van der Waals surface area (Å²) in [5, 5.41) is 0.992. The van der Waals surface area contributed by atoms with Crippen LogP contribution < -0.4 is 10.4 Å². The van der Waals surface area contributed by atoms with Crippen LogP contribution in [0.15, 0.2) is 21.3 Å². The Morgan fingerprint density at radius 3 is 2.78 bits per heavy atom. The SMILES string of the molecule is CCCc1cc2c3c(c(=O)oc2cc1OCC(=O)OC)CCC3. The van der Waals surface area contributed by atoms with Crippen molar-refractivity contribution < 1.29 is 18.7 Å². The third-order valence-corrected chi connectivity index (χ3v) is 4.25. The Morgan fingerprint density at radius 2 is 2.04 bits per heavy atom. The molecule has 0 spiro atoms. The first kappa shape index (κ1) is 15.6. The lowest BCUT2D eigenvalue weighted by molar-refractivity contribution is -0.142. The van der Waals surface area contributed by atoms with Gasteiger partial charge in [0.2, 0.25) is 0 Å². The van der Waals surface area contributed by atoms with Gasteiger partial charge in [0.25, 0.3) is 0 Å². The first-order chi connectivity index (χ1) is 11.1. The van der Waals surface area contributed by atoms with Crippen molar-refractivity contribution in [1.82, 2.24) is 0 Å². The van der Waals surface area contributed by atoms with Crippen LogP contribution in [-0.2, 0) is 28.8 Å². The second-order valence-electron chi connectivity index (χ2n) is 5.77. The standard InChI is InChI=1S/C18H20O5/c1-3-5-11-8-14-12-6-4-7-13(12)18(20)23-16(14)9-15(11)22-10-17(19)21-2/h8-9H,3-7,10H2,1-2H3. The van der Waals surface area contributed by atoms with E-state index in [1.165, 1.54) is 7.11 Å². The average Bonchev–Trinajstić information content (AvgIpc) is 3.04. The Morgan fingerprint density at radius 1 is 1.26 bits per heavy atom. The van der Waals surface area contributed by atoms with Gasteiger partial charge in [0.15, 0.2) is 6.61 Å². The molecule has 0 N–H and O–H groups in total. The zero-order valence-electron chi connectivity index (χ0n) is 13.4. The van der Waals surface area contributed by atoms with Gasteiger partial charge in [-0.2, -0.15) is 0 Å². The van der Waals surface area contributed by atoms with Crippen molar-refractivity contribution in [2.24, 2.45) is 0 Å². The highest BCUT2D eigenvalue weighted by atomic mass is 16.6. The third-order valence-electron chi connectivity index (χ3n) is 4.25. The largest absolute Gasteiger partial charge is 0.481 e. The highest BCUT2D eigenvalue weighted by molar-refractivity contribution is 5.84. The summed E-state index contributed by atoms with van der Waals surface area (Å²) in [5.41, 5.74) is 3.20. The molecule has 1 heterocycles. The normalized spacial score (nSPS) is 13.1. The average molecular weight is 316 g/mol. The molecule has 0 saturated carbocycles. The number of esters is 1. The lowest BCUT2D eigenvalue weighted by Gasteiger charge is -2.13. The summed E-state index contributed by atoms with van der Waals surface area (Å²) >= 11 is 0. The number of hydrogen-bond donors (Lipinski definition) is 0. The summed E-state index contributed by atoms with van der Waals surface area (Å²) < 4.78 is 15.6. The molecular weight excluding hydrogens is 296 g/mol. The van der Waals surface area contributed by atoms with Gasteiger partial charge in [-0.25, -0.2) is 9.59 Å². The zero-order chi connectivity index (χ0) is 16.4. The number of carbonyl (C=O) groups is 1. The molecule has 0 unspecified atom stereocenters. The maximum absolute atomic E-state index is 12.1. The lowest BCUT2D eigenvalue weighted by Crippen LogP contribution is -2.13. The molecule has 2 aromatic rings. The quantitative estimate of drug-likeness (QED) is 0.627. The Kier molecular flexibility index (Phi) is 4.37. The van der Waals surface area contributed by atoms with Crippen molar-refractivity contribution in [2.45, 2.75) is 39.0 Å². The molecule has 5 heteroatoms. The van der Waals surface area contributed by atoms with E-state index in [4.69, 9.17) is 9.15 Å². The number of ether oxygens (including phenoxy) is 2. The number of methoxy groups -OCH3 is 1. The molecule has 0 atom stereocenters. The monoisotopic (exact) mass is 316 g/mol. The maximum Gasteiger partial charge on any atom is 0.343 e. The molecule has 1 aliphatic carbocycles. The highest BCUT2D eigenvalue weighted by Crippen LogP contribution is 2.32. The van der Waals surface area contributed by atoms with E-state index in [2.05, 4.69) is 11.7 Å². The van der Waals surface area contributed by atoms with Gasteiger partial charge in [-0.1, -0.05) is 13.3 Å². The van der Waals surface area contributed by atoms with Gasteiger partial charge in [0.05, 0.1) is 7.11 Å². The molecule has 1 aromatic heterocycles. The topological polar surface area (TPSA) is 65.7 Å². The zero-order valence-corrected chi connectivity index (χ0v) is 13.4. The molecule has 0 aliphatic heterocycles. The van der Waals surface area contributed by atoms with Crippen LogP contribution in [0.25, 0.3) is 11.0 Å². The lowest BCUT2D eigenvalue weighted by atomic mass is 10.0. The van der Waals surface area contributed by atoms with Crippen molar-refractivity contribution in [1.29, 1.82) is 0 Å². The van der Waals surface area contributed by atoms with E-state index in [9.17, 15) is 9.59 Å². The maximum atomic E-state index is 12.1. The van der Waals surface area contributed by atoms with Gasteiger partial charge in [-0.05, 0) is 42.9 Å². The number of aryl methyl sites for hydroxylation is 2. The van der Waals surface area contributed by atoms with E-state index in [-0.39, 0.29) is 12.2 Å². The molecule has 5 nitrogen and oxygen atoms in total. The van der Waals surface area contributed by atoms with Gasteiger partial charge in [-0.15, -0.1) is 0 Å². The number of hydrogen-bond acceptors (Lipinski definition) is 5. The van der Waals surface area contributed by atoms with Crippen LogP contribution in [-0.4, -0.2) is 19.7 Å². The molecule has 3 rings (SSSR count). The van der Waals surface area contributed by atoms with Crippen molar-refractivity contribution in [3.63, 3.8) is 0 Å². The van der Waals surface area contributed by atoms with Crippen LogP contribution in [0.1, 0.15) is 36.5 Å². The summed E-state index contributed by atoms with van der Waals surface area (Å²) in [4.78, 5) is 23.4. The van der Waals surface area contributed by atoms with Gasteiger partial charge in [0, 0.05) is 17.0 Å². The van der Waals surface area contributed by atoms with E-state index >= 15 is 0 Å². The van der Waals surface area contributed by atoms with Crippen molar-refractivity contribution in [3.05, 3.63) is 39.2 Å². The summed E-state index contributed by atoms with van der Waals surface area (Å²) in [7, 11) is 1.32. The Labute approximate surface area is 134 Å². The van der Waals surface area contributed by atoms with E-state index in [1.807, 2.05) is 6.07 Å². The van der Waals surface area contributed by atoms with Crippen LogP contribution in [0.3, 0.4) is 0 Å².